The number of ether oxygens (including phenoxy) is 1. The first-order valence-corrected chi connectivity index (χ1v) is 6.88. The van der Waals surface area contributed by atoms with Crippen molar-refractivity contribution in [3.63, 3.8) is 0 Å². The molecule has 1 aromatic rings. The Labute approximate surface area is 117 Å². The molecule has 100 valence electrons. The van der Waals surface area contributed by atoms with E-state index in [2.05, 4.69) is 20.9 Å². The van der Waals surface area contributed by atoms with Crippen molar-refractivity contribution in [1.29, 1.82) is 0 Å². The number of rotatable bonds is 5. The van der Waals surface area contributed by atoms with Crippen LogP contribution in [0.5, 0.6) is 0 Å². The molecule has 1 rings (SSSR count). The highest BCUT2D eigenvalue weighted by Gasteiger charge is 2.29. The van der Waals surface area contributed by atoms with E-state index >= 15 is 0 Å². The number of hydrogen-bond donors (Lipinski definition) is 0. The maximum atomic E-state index is 12.0. The SMILES string of the molecule is CC(C)COC(=O)C(C)(C)Cc1ccc(Br)nc1. The van der Waals surface area contributed by atoms with Crippen LogP contribution in [0.2, 0.25) is 0 Å². The third-order valence-corrected chi connectivity index (χ3v) is 3.00. The molecule has 0 atom stereocenters. The van der Waals surface area contributed by atoms with Crippen molar-refractivity contribution in [2.24, 2.45) is 11.3 Å². The van der Waals surface area contributed by atoms with Crippen LogP contribution >= 0.6 is 15.9 Å². The molecule has 0 spiro atoms. The van der Waals surface area contributed by atoms with Gasteiger partial charge in [0.2, 0.25) is 0 Å². The van der Waals surface area contributed by atoms with Crippen molar-refractivity contribution in [2.75, 3.05) is 6.61 Å². The molecule has 0 aliphatic rings. The van der Waals surface area contributed by atoms with E-state index in [1.807, 2.05) is 39.8 Å². The largest absolute Gasteiger partial charge is 0.465 e. The Balaban J connectivity index is 2.63. The first kappa shape index (κ1) is 15.2. The van der Waals surface area contributed by atoms with Crippen molar-refractivity contribution in [3.8, 4) is 0 Å². The summed E-state index contributed by atoms with van der Waals surface area (Å²) in [5, 5.41) is 0. The Hall–Kier alpha value is -0.900. The van der Waals surface area contributed by atoms with Gasteiger partial charge in [0.15, 0.2) is 0 Å². The van der Waals surface area contributed by atoms with Crippen LogP contribution in [-0.4, -0.2) is 17.6 Å². The van der Waals surface area contributed by atoms with Crippen molar-refractivity contribution in [2.45, 2.75) is 34.1 Å². The molecule has 1 heterocycles. The Bertz CT molecular complexity index is 399. The summed E-state index contributed by atoms with van der Waals surface area (Å²) in [6, 6.07) is 3.85. The minimum Gasteiger partial charge on any atom is -0.465 e. The first-order valence-electron chi connectivity index (χ1n) is 6.09. The maximum Gasteiger partial charge on any atom is 0.311 e. The predicted octanol–water partition coefficient (Wildman–Crippen LogP) is 3.61. The third-order valence-electron chi connectivity index (χ3n) is 2.54. The molecule has 0 radical (unpaired) electrons. The van der Waals surface area contributed by atoms with Gasteiger partial charge in [0, 0.05) is 6.20 Å². The minimum atomic E-state index is -0.523. The Kier molecular flexibility index (Phi) is 5.32. The predicted molar refractivity (Wildman–Crippen MR) is 75.2 cm³/mol. The summed E-state index contributed by atoms with van der Waals surface area (Å²) >= 11 is 3.29. The number of nitrogens with zero attached hydrogens (tertiary/aromatic N) is 1. The number of halogens is 1. The zero-order valence-corrected chi connectivity index (χ0v) is 13.0. The highest BCUT2D eigenvalue weighted by molar-refractivity contribution is 9.10. The smallest absolute Gasteiger partial charge is 0.311 e. The Morgan fingerprint density at radius 2 is 2.11 bits per heavy atom. The van der Waals surface area contributed by atoms with Gasteiger partial charge in [0.05, 0.1) is 12.0 Å². The number of aromatic nitrogens is 1. The van der Waals surface area contributed by atoms with Crippen molar-refractivity contribution in [1.82, 2.24) is 4.98 Å². The molecule has 0 amide bonds. The van der Waals surface area contributed by atoms with Crippen molar-refractivity contribution in [3.05, 3.63) is 28.5 Å². The average Bonchev–Trinajstić information content (AvgIpc) is 2.28. The lowest BCUT2D eigenvalue weighted by Crippen LogP contribution is -2.30. The highest BCUT2D eigenvalue weighted by atomic mass is 79.9. The van der Waals surface area contributed by atoms with E-state index in [1.54, 1.807) is 6.20 Å². The molecule has 0 saturated heterocycles. The molecule has 0 N–H and O–H groups in total. The van der Waals surface area contributed by atoms with Gasteiger partial charge in [0.1, 0.15) is 4.60 Å². The summed E-state index contributed by atoms with van der Waals surface area (Å²) in [7, 11) is 0. The second-order valence-corrected chi connectivity index (χ2v) is 6.35. The maximum absolute atomic E-state index is 12.0. The Morgan fingerprint density at radius 1 is 1.44 bits per heavy atom. The fourth-order valence-electron chi connectivity index (χ4n) is 1.53. The molecule has 18 heavy (non-hydrogen) atoms. The highest BCUT2D eigenvalue weighted by Crippen LogP contribution is 2.24. The number of pyridine rings is 1. The van der Waals surface area contributed by atoms with E-state index in [0.29, 0.717) is 18.9 Å². The van der Waals surface area contributed by atoms with Crippen LogP contribution in [0.25, 0.3) is 0 Å². The van der Waals surface area contributed by atoms with Crippen molar-refractivity contribution >= 4 is 21.9 Å². The first-order chi connectivity index (χ1) is 8.31. The zero-order valence-electron chi connectivity index (χ0n) is 11.4. The summed E-state index contributed by atoms with van der Waals surface area (Å²) in [6.45, 7) is 8.33. The van der Waals surface area contributed by atoms with Crippen LogP contribution in [0.3, 0.4) is 0 Å². The second-order valence-electron chi connectivity index (χ2n) is 5.54. The van der Waals surface area contributed by atoms with Gasteiger partial charge in [-0.05, 0) is 53.7 Å². The van der Waals surface area contributed by atoms with E-state index in [0.717, 1.165) is 10.2 Å². The van der Waals surface area contributed by atoms with Crippen LogP contribution in [0, 0.1) is 11.3 Å². The molecule has 0 bridgehead atoms. The van der Waals surface area contributed by atoms with Crippen LogP contribution in [0.4, 0.5) is 0 Å². The topological polar surface area (TPSA) is 39.2 Å². The molecular weight excluding hydrogens is 294 g/mol. The van der Waals surface area contributed by atoms with Gasteiger partial charge in [-0.15, -0.1) is 0 Å². The van der Waals surface area contributed by atoms with E-state index in [4.69, 9.17) is 4.74 Å². The standard InChI is InChI=1S/C14H20BrNO2/c1-10(2)9-18-13(17)14(3,4)7-11-5-6-12(15)16-8-11/h5-6,8,10H,7,9H2,1-4H3. The van der Waals surface area contributed by atoms with Gasteiger partial charge < -0.3 is 4.74 Å². The van der Waals surface area contributed by atoms with Gasteiger partial charge in [0.25, 0.3) is 0 Å². The Morgan fingerprint density at radius 3 is 2.61 bits per heavy atom. The number of carbonyl (C=O) groups excluding carboxylic acids is 1. The number of hydrogen-bond acceptors (Lipinski definition) is 3. The number of carbonyl (C=O) groups is 1. The zero-order chi connectivity index (χ0) is 13.8. The van der Waals surface area contributed by atoms with Crippen LogP contribution in [0.15, 0.2) is 22.9 Å². The van der Waals surface area contributed by atoms with E-state index < -0.39 is 5.41 Å². The molecule has 0 aliphatic carbocycles. The molecule has 0 saturated carbocycles. The summed E-state index contributed by atoms with van der Waals surface area (Å²) in [6.07, 6.45) is 2.41. The van der Waals surface area contributed by atoms with Gasteiger partial charge in [-0.1, -0.05) is 19.9 Å². The molecule has 0 aromatic carbocycles. The molecule has 0 unspecified atom stereocenters. The average molecular weight is 314 g/mol. The summed E-state index contributed by atoms with van der Waals surface area (Å²) < 4.78 is 6.09. The normalized spacial score (nSPS) is 11.7. The molecular formula is C14H20BrNO2. The molecule has 0 aliphatic heterocycles. The summed E-state index contributed by atoms with van der Waals surface area (Å²) in [5.74, 6) is 0.207. The fraction of sp³-hybridized carbons (Fsp3) is 0.571. The lowest BCUT2D eigenvalue weighted by atomic mass is 9.86. The van der Waals surface area contributed by atoms with E-state index in [1.165, 1.54) is 0 Å². The van der Waals surface area contributed by atoms with Crippen LogP contribution in [0.1, 0.15) is 33.3 Å². The van der Waals surface area contributed by atoms with Gasteiger partial charge in [-0.25, -0.2) is 4.98 Å². The third kappa shape index (κ3) is 4.77. The lowest BCUT2D eigenvalue weighted by Gasteiger charge is -2.23. The monoisotopic (exact) mass is 313 g/mol. The minimum absolute atomic E-state index is 0.154. The van der Waals surface area contributed by atoms with Gasteiger partial charge in [-0.2, -0.15) is 0 Å². The quantitative estimate of drug-likeness (QED) is 0.615. The molecule has 4 heteroatoms. The van der Waals surface area contributed by atoms with E-state index in [-0.39, 0.29) is 5.97 Å². The van der Waals surface area contributed by atoms with Gasteiger partial charge >= 0.3 is 5.97 Å². The molecule has 0 fully saturated rings. The number of esters is 1. The summed E-state index contributed by atoms with van der Waals surface area (Å²) in [4.78, 5) is 16.2. The lowest BCUT2D eigenvalue weighted by molar-refractivity contribution is -0.155. The van der Waals surface area contributed by atoms with E-state index in [9.17, 15) is 4.79 Å². The van der Waals surface area contributed by atoms with Gasteiger partial charge in [-0.3, -0.25) is 4.79 Å². The summed E-state index contributed by atoms with van der Waals surface area (Å²) in [5.41, 5.74) is 0.509. The fourth-order valence-corrected chi connectivity index (χ4v) is 1.77. The van der Waals surface area contributed by atoms with Crippen LogP contribution < -0.4 is 0 Å². The molecule has 3 nitrogen and oxygen atoms in total. The van der Waals surface area contributed by atoms with Crippen LogP contribution in [-0.2, 0) is 16.0 Å². The molecule has 1 aromatic heterocycles. The second kappa shape index (κ2) is 6.32. The van der Waals surface area contributed by atoms with Crippen molar-refractivity contribution < 1.29 is 9.53 Å².